The van der Waals surface area contributed by atoms with E-state index in [-0.39, 0.29) is 0 Å². The second-order valence-electron chi connectivity index (χ2n) is 13.4. The first-order chi connectivity index (χ1) is 26.6. The number of hydrogen-bond acceptors (Lipinski definition) is 12. The molecule has 0 amide bonds. The average molecular weight is 691 g/mol. The zero-order valence-corrected chi connectivity index (χ0v) is 27.8. The third kappa shape index (κ3) is 3.90. The van der Waals surface area contributed by atoms with Crippen LogP contribution in [0.3, 0.4) is 0 Å². The van der Waals surface area contributed by atoms with Crippen LogP contribution in [0.2, 0.25) is 0 Å². The molecule has 6 aromatic heterocycles. The van der Waals surface area contributed by atoms with Crippen molar-refractivity contribution >= 4 is 132 Å². The molecule has 7 aromatic carbocycles. The minimum absolute atomic E-state index is 0.553. The van der Waals surface area contributed by atoms with Crippen molar-refractivity contribution in [3.05, 3.63) is 109 Å². The first-order valence-electron chi connectivity index (χ1n) is 17.3. The van der Waals surface area contributed by atoms with Crippen LogP contribution in [-0.4, -0.2) is 59.8 Å². The van der Waals surface area contributed by atoms with Gasteiger partial charge in [0.25, 0.3) is 0 Å². The first-order valence-corrected chi connectivity index (χ1v) is 17.3. The molecule has 0 aliphatic heterocycles. The van der Waals surface area contributed by atoms with Crippen molar-refractivity contribution in [3.63, 3.8) is 0 Å². The second-order valence-corrected chi connectivity index (χ2v) is 13.4. The lowest BCUT2D eigenvalue weighted by molar-refractivity contribution is 1.33. The fourth-order valence-electron chi connectivity index (χ4n) is 7.51. The van der Waals surface area contributed by atoms with Crippen LogP contribution in [-0.2, 0) is 0 Å². The van der Waals surface area contributed by atoms with E-state index in [0.29, 0.717) is 66.2 Å². The maximum absolute atomic E-state index is 5.21. The summed E-state index contributed by atoms with van der Waals surface area (Å²) in [7, 11) is 0. The summed E-state index contributed by atoms with van der Waals surface area (Å²) in [5.41, 5.74) is 16.4. The largest absolute Gasteiger partial charge is 0.244 e. The standard InChI is InChI=1S/C42H18N12/c1-2-8-20-19(7-1)43-25-13-31-32(14-26(25)44-20)50-38-37(49-31)39-41(53-34-16-28-27(15-33(34)51-39)45-21-9-3-4-10-22(21)46-28)42-40(38)52-35-17-29-30(18-36(35)54-42)48-24-12-6-5-11-23(24)47-29/h1-18H. The van der Waals surface area contributed by atoms with Crippen LogP contribution in [0.15, 0.2) is 109 Å². The SMILES string of the molecule is c1ccc2nc3cc4nc5c(nc4cc3nc2c1)c1nc2cc3nc4ccccc4nc3cc2nc1c1nc2cc3nc4ccccc4nc3cc2nc51. The number of para-hydroxylation sites is 6. The van der Waals surface area contributed by atoms with Crippen molar-refractivity contribution in [3.8, 4) is 0 Å². The molecule has 0 radical (unpaired) electrons. The molecule has 0 unspecified atom stereocenters. The van der Waals surface area contributed by atoms with Gasteiger partial charge in [-0.3, -0.25) is 0 Å². The molecular formula is C42H18N12. The van der Waals surface area contributed by atoms with Gasteiger partial charge >= 0.3 is 0 Å². The lowest BCUT2D eigenvalue weighted by atomic mass is 10.1. The normalized spacial score (nSPS) is 12.4. The van der Waals surface area contributed by atoms with Gasteiger partial charge in [-0.1, -0.05) is 36.4 Å². The Hall–Kier alpha value is -7.86. The van der Waals surface area contributed by atoms with E-state index < -0.39 is 0 Å². The van der Waals surface area contributed by atoms with Crippen molar-refractivity contribution in [2.45, 2.75) is 0 Å². The third-order valence-corrected chi connectivity index (χ3v) is 10.0. The van der Waals surface area contributed by atoms with Gasteiger partial charge in [-0.25, -0.2) is 59.8 Å². The summed E-state index contributed by atoms with van der Waals surface area (Å²) >= 11 is 0. The summed E-state index contributed by atoms with van der Waals surface area (Å²) in [5, 5.41) is 0. The van der Waals surface area contributed by atoms with Crippen molar-refractivity contribution in [2.24, 2.45) is 0 Å². The summed E-state index contributed by atoms with van der Waals surface area (Å²) in [6.07, 6.45) is 0. The van der Waals surface area contributed by atoms with Crippen molar-refractivity contribution in [1.82, 2.24) is 59.8 Å². The highest BCUT2D eigenvalue weighted by Gasteiger charge is 2.20. The van der Waals surface area contributed by atoms with E-state index in [0.717, 1.165) is 66.2 Å². The molecule has 0 fully saturated rings. The molecule has 0 spiro atoms. The van der Waals surface area contributed by atoms with Crippen molar-refractivity contribution in [2.75, 3.05) is 0 Å². The van der Waals surface area contributed by atoms with Gasteiger partial charge in [0.1, 0.15) is 33.1 Å². The topological polar surface area (TPSA) is 155 Å². The molecule has 6 heterocycles. The second kappa shape index (κ2) is 9.92. The Morgan fingerprint density at radius 1 is 0.167 bits per heavy atom. The molecule has 0 aliphatic carbocycles. The highest BCUT2D eigenvalue weighted by Crippen LogP contribution is 2.35. The van der Waals surface area contributed by atoms with Crippen LogP contribution in [0, 0.1) is 0 Å². The predicted octanol–water partition coefficient (Wildman–Crippen LogP) is 8.27. The molecule has 12 heteroatoms. The number of rotatable bonds is 0. The summed E-state index contributed by atoms with van der Waals surface area (Å²) in [6.45, 7) is 0. The Kier molecular flexibility index (Phi) is 5.11. The van der Waals surface area contributed by atoms with Gasteiger partial charge in [0.15, 0.2) is 0 Å². The smallest absolute Gasteiger partial charge is 0.120 e. The van der Waals surface area contributed by atoms with E-state index in [4.69, 9.17) is 59.8 Å². The molecule has 0 N–H and O–H groups in total. The maximum Gasteiger partial charge on any atom is 0.120 e. The monoisotopic (exact) mass is 690 g/mol. The minimum Gasteiger partial charge on any atom is -0.244 e. The van der Waals surface area contributed by atoms with Crippen molar-refractivity contribution in [1.29, 1.82) is 0 Å². The lowest BCUT2D eigenvalue weighted by Crippen LogP contribution is -2.00. The van der Waals surface area contributed by atoms with Crippen molar-refractivity contribution < 1.29 is 0 Å². The molecule has 13 aromatic rings. The van der Waals surface area contributed by atoms with Gasteiger partial charge in [0.05, 0.1) is 99.3 Å². The Morgan fingerprint density at radius 3 is 0.481 bits per heavy atom. The predicted molar refractivity (Wildman–Crippen MR) is 210 cm³/mol. The molecule has 54 heavy (non-hydrogen) atoms. The molecule has 12 nitrogen and oxygen atoms in total. The van der Waals surface area contributed by atoms with Crippen LogP contribution in [0.1, 0.15) is 0 Å². The molecule has 0 saturated heterocycles. The van der Waals surface area contributed by atoms with Crippen LogP contribution >= 0.6 is 0 Å². The number of benzene rings is 7. The van der Waals surface area contributed by atoms with Crippen LogP contribution in [0.4, 0.5) is 0 Å². The number of aromatic nitrogens is 12. The van der Waals surface area contributed by atoms with Crippen LogP contribution in [0.25, 0.3) is 132 Å². The highest BCUT2D eigenvalue weighted by molar-refractivity contribution is 6.21. The highest BCUT2D eigenvalue weighted by atomic mass is 14.9. The molecule has 0 aliphatic rings. The Morgan fingerprint density at radius 2 is 0.315 bits per heavy atom. The van der Waals surface area contributed by atoms with E-state index in [2.05, 4.69) is 0 Å². The molecule has 246 valence electrons. The summed E-state index contributed by atoms with van der Waals surface area (Å²) in [4.78, 5) is 60.6. The zero-order valence-electron chi connectivity index (χ0n) is 27.8. The summed E-state index contributed by atoms with van der Waals surface area (Å²) in [6, 6.07) is 35.0. The maximum atomic E-state index is 5.21. The molecular weight excluding hydrogens is 673 g/mol. The molecule has 13 rings (SSSR count). The van der Waals surface area contributed by atoms with E-state index in [1.165, 1.54) is 0 Å². The van der Waals surface area contributed by atoms with Gasteiger partial charge in [-0.2, -0.15) is 0 Å². The summed E-state index contributed by atoms with van der Waals surface area (Å²) in [5.74, 6) is 0. The number of hydrogen-bond donors (Lipinski definition) is 0. The lowest BCUT2D eigenvalue weighted by Gasteiger charge is -2.11. The van der Waals surface area contributed by atoms with Gasteiger partial charge in [0.2, 0.25) is 0 Å². The number of fused-ring (bicyclic) bond motifs is 15. The van der Waals surface area contributed by atoms with E-state index in [1.54, 1.807) is 0 Å². The van der Waals surface area contributed by atoms with Crippen LogP contribution in [0.5, 0.6) is 0 Å². The van der Waals surface area contributed by atoms with Crippen LogP contribution < -0.4 is 0 Å². The fraction of sp³-hybridized carbons (Fsp3) is 0. The molecule has 0 bridgehead atoms. The van der Waals surface area contributed by atoms with E-state index in [1.807, 2.05) is 109 Å². The fourth-order valence-corrected chi connectivity index (χ4v) is 7.51. The average Bonchev–Trinajstić information content (AvgIpc) is 3.20. The third-order valence-electron chi connectivity index (χ3n) is 10.0. The zero-order chi connectivity index (χ0) is 35.1. The molecule has 0 saturated carbocycles. The first kappa shape index (κ1) is 27.8. The van der Waals surface area contributed by atoms with Gasteiger partial charge in [0, 0.05) is 0 Å². The van der Waals surface area contributed by atoms with Gasteiger partial charge in [-0.05, 0) is 72.8 Å². The summed E-state index contributed by atoms with van der Waals surface area (Å²) < 4.78 is 0. The molecule has 0 atom stereocenters. The van der Waals surface area contributed by atoms with E-state index in [9.17, 15) is 0 Å². The van der Waals surface area contributed by atoms with Gasteiger partial charge < -0.3 is 0 Å². The van der Waals surface area contributed by atoms with Gasteiger partial charge in [-0.15, -0.1) is 0 Å². The minimum atomic E-state index is 0.553. The quantitative estimate of drug-likeness (QED) is 0.111. The Labute approximate surface area is 300 Å². The Bertz CT molecular complexity index is 3190. The Balaban J connectivity index is 1.17. The van der Waals surface area contributed by atoms with E-state index >= 15 is 0 Å². The number of nitrogens with zero attached hydrogens (tertiary/aromatic N) is 12.